The second-order valence-corrected chi connectivity index (χ2v) is 3.71. The minimum absolute atomic E-state index is 0.260. The van der Waals surface area contributed by atoms with Gasteiger partial charge in [0.2, 0.25) is 0 Å². The van der Waals surface area contributed by atoms with Crippen LogP contribution in [0.3, 0.4) is 0 Å². The van der Waals surface area contributed by atoms with Gasteiger partial charge in [-0.2, -0.15) is 0 Å². The second kappa shape index (κ2) is 2.48. The molecule has 0 aliphatic carbocycles. The van der Waals surface area contributed by atoms with E-state index in [1.807, 2.05) is 0 Å². The third-order valence-corrected chi connectivity index (χ3v) is 1.96. The van der Waals surface area contributed by atoms with Crippen molar-refractivity contribution in [3.05, 3.63) is 0 Å². The van der Waals surface area contributed by atoms with Crippen LogP contribution in [0.2, 0.25) is 0 Å². The highest BCUT2D eigenvalue weighted by molar-refractivity contribution is 6.64. The number of hydrogen-bond donors (Lipinski definition) is 0. The maximum Gasteiger partial charge on any atom is 0.307 e. The molecule has 0 bridgehead atoms. The zero-order valence-corrected chi connectivity index (χ0v) is 7.14. The van der Waals surface area contributed by atoms with Crippen LogP contribution in [-0.2, 0) is 14.3 Å². The summed E-state index contributed by atoms with van der Waals surface area (Å²) in [5.74, 6) is -0.353. The molecule has 1 heterocycles. The lowest BCUT2D eigenvalue weighted by atomic mass is 9.86. The van der Waals surface area contributed by atoms with Gasteiger partial charge in [0.15, 0.2) is 6.10 Å². The summed E-state index contributed by atoms with van der Waals surface area (Å²) in [7, 11) is 0. The van der Waals surface area contributed by atoms with Crippen LogP contribution in [0.5, 0.6) is 0 Å². The molecule has 1 aliphatic rings. The molecule has 0 saturated carbocycles. The minimum atomic E-state index is -0.767. The number of ether oxygens (including phenoxy) is 1. The summed E-state index contributed by atoms with van der Waals surface area (Å²) in [6.07, 6.45) is -0.507. The Balaban J connectivity index is 2.82. The number of rotatable bonds is 1. The first-order valence-electron chi connectivity index (χ1n) is 3.32. The summed E-state index contributed by atoms with van der Waals surface area (Å²) < 4.78 is 4.72. The highest BCUT2D eigenvalue weighted by Crippen LogP contribution is 2.35. The topological polar surface area (TPSA) is 43.4 Å². The number of esters is 1. The monoisotopic (exact) mass is 176 g/mol. The average Bonchev–Trinajstić information content (AvgIpc) is 2.04. The molecule has 1 saturated heterocycles. The van der Waals surface area contributed by atoms with Crippen LogP contribution >= 0.6 is 11.6 Å². The summed E-state index contributed by atoms with van der Waals surface area (Å²) >= 11 is 5.22. The quantitative estimate of drug-likeness (QED) is 0.444. The Morgan fingerprint density at radius 3 is 2.45 bits per heavy atom. The van der Waals surface area contributed by atoms with E-state index >= 15 is 0 Å². The van der Waals surface area contributed by atoms with Crippen molar-refractivity contribution >= 4 is 22.8 Å². The van der Waals surface area contributed by atoms with E-state index in [2.05, 4.69) is 0 Å². The van der Waals surface area contributed by atoms with Crippen LogP contribution in [0, 0.1) is 5.41 Å². The maximum atomic E-state index is 10.7. The Hall–Kier alpha value is -0.570. The van der Waals surface area contributed by atoms with Gasteiger partial charge in [-0.1, -0.05) is 13.8 Å². The molecule has 3 nitrogen and oxygen atoms in total. The highest BCUT2D eigenvalue weighted by Gasteiger charge is 2.45. The second-order valence-electron chi connectivity index (χ2n) is 3.34. The van der Waals surface area contributed by atoms with E-state index in [0.29, 0.717) is 0 Å². The maximum absolute atomic E-state index is 10.7. The highest BCUT2D eigenvalue weighted by atomic mass is 35.5. The first-order valence-corrected chi connectivity index (χ1v) is 3.70. The minimum Gasteiger partial charge on any atom is -0.452 e. The lowest BCUT2D eigenvalue weighted by Gasteiger charge is -2.19. The average molecular weight is 177 g/mol. The van der Waals surface area contributed by atoms with Crippen molar-refractivity contribution in [2.24, 2.45) is 5.41 Å². The molecular formula is C7H9ClO3. The van der Waals surface area contributed by atoms with Gasteiger partial charge in [0.05, 0.1) is 6.42 Å². The molecule has 1 fully saturated rings. The third kappa shape index (κ3) is 1.53. The van der Waals surface area contributed by atoms with Crippen LogP contribution in [-0.4, -0.2) is 17.3 Å². The van der Waals surface area contributed by atoms with E-state index < -0.39 is 16.8 Å². The van der Waals surface area contributed by atoms with E-state index in [-0.39, 0.29) is 12.4 Å². The standard InChI is InChI=1S/C7H9ClO3/c1-7(2)3-4(9)11-5(7)6(8)10/h5H,3H2,1-2H3. The Bertz CT molecular complexity index is 210. The number of carbonyl (C=O) groups is 2. The van der Waals surface area contributed by atoms with Gasteiger partial charge in [0.1, 0.15) is 0 Å². The zero-order valence-electron chi connectivity index (χ0n) is 6.39. The van der Waals surface area contributed by atoms with Crippen molar-refractivity contribution in [3.8, 4) is 0 Å². The number of carbonyl (C=O) groups excluding carboxylic acids is 2. The number of cyclic esters (lactones) is 1. The Kier molecular flexibility index (Phi) is 1.92. The summed E-state index contributed by atoms with van der Waals surface area (Å²) in [5.41, 5.74) is -0.448. The fourth-order valence-electron chi connectivity index (χ4n) is 1.15. The molecule has 62 valence electrons. The predicted octanol–water partition coefficient (Wildman–Crippen LogP) is 1.09. The SMILES string of the molecule is CC1(C)CC(=O)OC1C(=O)Cl. The van der Waals surface area contributed by atoms with Crippen LogP contribution in [0.4, 0.5) is 0 Å². The van der Waals surface area contributed by atoms with E-state index in [1.54, 1.807) is 13.8 Å². The summed E-state index contributed by atoms with van der Waals surface area (Å²) in [5, 5.41) is -0.596. The predicted molar refractivity (Wildman–Crippen MR) is 39.1 cm³/mol. The van der Waals surface area contributed by atoms with Gasteiger partial charge in [-0.15, -0.1) is 0 Å². The molecule has 0 radical (unpaired) electrons. The van der Waals surface area contributed by atoms with Crippen LogP contribution in [0.1, 0.15) is 20.3 Å². The molecule has 0 spiro atoms. The molecule has 0 amide bonds. The smallest absolute Gasteiger partial charge is 0.307 e. The molecule has 4 heteroatoms. The molecule has 0 aromatic rings. The van der Waals surface area contributed by atoms with Crippen molar-refractivity contribution in [2.45, 2.75) is 26.4 Å². The first kappa shape index (κ1) is 8.53. The zero-order chi connectivity index (χ0) is 8.65. The van der Waals surface area contributed by atoms with Gasteiger partial charge >= 0.3 is 5.97 Å². The summed E-state index contributed by atoms with van der Waals surface area (Å²) in [6.45, 7) is 3.56. The molecule has 0 aromatic carbocycles. The molecule has 0 aromatic heterocycles. The largest absolute Gasteiger partial charge is 0.452 e. The van der Waals surface area contributed by atoms with Crippen LogP contribution in [0.25, 0.3) is 0 Å². The summed E-state index contributed by atoms with van der Waals surface area (Å²) in [6, 6.07) is 0. The lowest BCUT2D eigenvalue weighted by Crippen LogP contribution is -2.29. The lowest BCUT2D eigenvalue weighted by molar-refractivity contribution is -0.145. The third-order valence-electron chi connectivity index (χ3n) is 1.77. The molecule has 1 aliphatic heterocycles. The summed E-state index contributed by atoms with van der Waals surface area (Å²) in [4.78, 5) is 21.4. The molecule has 1 rings (SSSR count). The van der Waals surface area contributed by atoms with Gasteiger partial charge in [-0.3, -0.25) is 9.59 Å². The molecular weight excluding hydrogens is 168 g/mol. The Labute approximate surface area is 69.7 Å². The van der Waals surface area contributed by atoms with Crippen molar-refractivity contribution in [1.29, 1.82) is 0 Å². The van der Waals surface area contributed by atoms with Gasteiger partial charge in [0, 0.05) is 5.41 Å². The van der Waals surface area contributed by atoms with Gasteiger partial charge in [0.25, 0.3) is 5.24 Å². The fourth-order valence-corrected chi connectivity index (χ4v) is 1.49. The van der Waals surface area contributed by atoms with Gasteiger partial charge in [-0.05, 0) is 11.6 Å². The van der Waals surface area contributed by atoms with E-state index in [9.17, 15) is 9.59 Å². The van der Waals surface area contributed by atoms with E-state index in [1.165, 1.54) is 0 Å². The molecule has 0 N–H and O–H groups in total. The van der Waals surface area contributed by atoms with E-state index in [0.717, 1.165) is 0 Å². The Morgan fingerprint density at radius 1 is 1.73 bits per heavy atom. The van der Waals surface area contributed by atoms with Crippen molar-refractivity contribution in [3.63, 3.8) is 0 Å². The molecule has 11 heavy (non-hydrogen) atoms. The molecule has 1 atom stereocenters. The first-order chi connectivity index (χ1) is 4.93. The van der Waals surface area contributed by atoms with Crippen LogP contribution < -0.4 is 0 Å². The normalized spacial score (nSPS) is 28.3. The van der Waals surface area contributed by atoms with Crippen molar-refractivity contribution in [1.82, 2.24) is 0 Å². The number of halogens is 1. The fraction of sp³-hybridized carbons (Fsp3) is 0.714. The van der Waals surface area contributed by atoms with E-state index in [4.69, 9.17) is 16.3 Å². The van der Waals surface area contributed by atoms with Crippen LogP contribution in [0.15, 0.2) is 0 Å². The van der Waals surface area contributed by atoms with Gasteiger partial charge < -0.3 is 4.74 Å². The Morgan fingerprint density at radius 2 is 2.27 bits per heavy atom. The van der Waals surface area contributed by atoms with Gasteiger partial charge in [-0.25, -0.2) is 0 Å². The number of hydrogen-bond acceptors (Lipinski definition) is 3. The van der Waals surface area contributed by atoms with Crippen molar-refractivity contribution < 1.29 is 14.3 Å². The van der Waals surface area contributed by atoms with Crippen molar-refractivity contribution in [2.75, 3.05) is 0 Å². The molecule has 1 unspecified atom stereocenters.